The van der Waals surface area contributed by atoms with Crippen molar-refractivity contribution in [2.45, 2.75) is 76.2 Å². The van der Waals surface area contributed by atoms with E-state index in [4.69, 9.17) is 9.72 Å². The molecule has 1 atom stereocenters. The zero-order valence-electron chi connectivity index (χ0n) is 21.0. The van der Waals surface area contributed by atoms with Gasteiger partial charge in [0.25, 0.3) is 0 Å². The average Bonchev–Trinajstić information content (AvgIpc) is 3.38. The predicted octanol–water partition coefficient (Wildman–Crippen LogP) is 4.21. The van der Waals surface area contributed by atoms with Crippen LogP contribution in [0.1, 0.15) is 52.4 Å². The van der Waals surface area contributed by atoms with Gasteiger partial charge in [0.2, 0.25) is 0 Å². The van der Waals surface area contributed by atoms with Crippen molar-refractivity contribution < 1.29 is 13.7 Å². The normalized spacial score (nSPS) is 17.9. The molecule has 35 heavy (non-hydrogen) atoms. The van der Waals surface area contributed by atoms with Crippen molar-refractivity contribution in [2.24, 2.45) is 0 Å². The van der Waals surface area contributed by atoms with Gasteiger partial charge in [0, 0.05) is 56.3 Å². The molecule has 10 heteroatoms. The fourth-order valence-electron chi connectivity index (χ4n) is 4.90. The molecule has 8 nitrogen and oxygen atoms in total. The Hall–Kier alpha value is -2.43. The molecule has 0 amide bonds. The van der Waals surface area contributed by atoms with Gasteiger partial charge in [-0.3, -0.25) is 0 Å². The Labute approximate surface area is 208 Å². The summed E-state index contributed by atoms with van der Waals surface area (Å²) in [6, 6.07) is 3.65. The predicted molar refractivity (Wildman–Crippen MR) is 133 cm³/mol. The molecule has 0 bridgehead atoms. The number of imidazole rings is 1. The summed E-state index contributed by atoms with van der Waals surface area (Å²) in [6.45, 7) is 13.0. The van der Waals surface area contributed by atoms with E-state index >= 15 is 4.39 Å². The highest BCUT2D eigenvalue weighted by molar-refractivity contribution is 7.92. The lowest BCUT2D eigenvalue weighted by atomic mass is 10.1. The molecule has 1 saturated heterocycles. The second-order valence-electron chi connectivity index (χ2n) is 9.92. The van der Waals surface area contributed by atoms with Gasteiger partial charge >= 0.3 is 0 Å². The third-order valence-corrected chi connectivity index (χ3v) is 8.65. The van der Waals surface area contributed by atoms with Crippen LogP contribution >= 0.6 is 0 Å². The summed E-state index contributed by atoms with van der Waals surface area (Å²) in [5.41, 5.74) is 1.36. The highest BCUT2D eigenvalue weighted by Crippen LogP contribution is 2.38. The Morgan fingerprint density at radius 3 is 2.49 bits per heavy atom. The first-order valence-corrected chi connectivity index (χ1v) is 13.6. The third kappa shape index (κ3) is 4.59. The number of piperidine rings is 1. The van der Waals surface area contributed by atoms with E-state index in [9.17, 15) is 4.55 Å². The second-order valence-corrected chi connectivity index (χ2v) is 11.6. The second kappa shape index (κ2) is 9.55. The molecular formula is C25H33FN6O2S. The molecule has 0 saturated carbocycles. The van der Waals surface area contributed by atoms with Crippen molar-refractivity contribution in [1.29, 1.82) is 0 Å². The highest BCUT2D eigenvalue weighted by Gasteiger charge is 2.34. The number of rotatable bonds is 5. The number of ether oxygens (including phenoxy) is 1. The topological polar surface area (TPSA) is 84.1 Å². The summed E-state index contributed by atoms with van der Waals surface area (Å²) in [5, 5.41) is 4.45. The van der Waals surface area contributed by atoms with Crippen LogP contribution < -0.4 is 4.74 Å². The fourth-order valence-corrected chi connectivity index (χ4v) is 6.38. The summed E-state index contributed by atoms with van der Waals surface area (Å²) < 4.78 is 38.4. The van der Waals surface area contributed by atoms with E-state index in [1.807, 2.05) is 22.4 Å². The van der Waals surface area contributed by atoms with Gasteiger partial charge in [-0.2, -0.15) is 5.10 Å². The number of hydrogen-bond donors (Lipinski definition) is 0. The van der Waals surface area contributed by atoms with Crippen LogP contribution in [0.15, 0.2) is 23.2 Å². The zero-order valence-corrected chi connectivity index (χ0v) is 21.8. The minimum absolute atomic E-state index is 0.0629. The molecule has 1 aromatic carbocycles. The minimum Gasteiger partial charge on any atom is -0.611 e. The smallest absolute Gasteiger partial charge is 0.189 e. The number of nitrogens with zero attached hydrogens (tertiary/aromatic N) is 6. The largest absolute Gasteiger partial charge is 0.611 e. The van der Waals surface area contributed by atoms with Crippen LogP contribution in [-0.2, 0) is 17.7 Å². The molecule has 1 fully saturated rings. The maximum atomic E-state index is 15.2. The van der Waals surface area contributed by atoms with E-state index in [0.717, 1.165) is 25.9 Å². The Morgan fingerprint density at radius 2 is 1.80 bits per heavy atom. The van der Waals surface area contributed by atoms with E-state index < -0.39 is 17.0 Å². The fraction of sp³-hybridized carbons (Fsp3) is 0.560. The number of benzene rings is 1. The van der Waals surface area contributed by atoms with Crippen molar-refractivity contribution in [2.75, 3.05) is 19.7 Å². The lowest BCUT2D eigenvalue weighted by Gasteiger charge is -2.34. The standard InChI is InChI=1S/C25H33FN6O2S/c1-15(2)30-8-6-18(7-9-30)35(33)23-12-19-22(13-20(23)26)34-11-10-31-14-21(28-24(19)31)25-27-17(5)29-32(25)16(3)4/h12-16,18H,6-11H2,1-5H3. The van der Waals surface area contributed by atoms with Crippen LogP contribution in [0, 0.1) is 12.7 Å². The molecule has 1 unspecified atom stereocenters. The maximum absolute atomic E-state index is 15.2. The molecule has 3 aromatic rings. The van der Waals surface area contributed by atoms with Gasteiger partial charge in [0.1, 0.15) is 34.9 Å². The maximum Gasteiger partial charge on any atom is 0.189 e. The van der Waals surface area contributed by atoms with Crippen molar-refractivity contribution in [1.82, 2.24) is 29.2 Å². The van der Waals surface area contributed by atoms with Crippen molar-refractivity contribution >= 4 is 11.2 Å². The van der Waals surface area contributed by atoms with E-state index in [2.05, 4.69) is 42.7 Å². The average molecular weight is 501 g/mol. The number of likely N-dealkylation sites (tertiary alicyclic amines) is 1. The van der Waals surface area contributed by atoms with Gasteiger partial charge < -0.3 is 18.8 Å². The van der Waals surface area contributed by atoms with Crippen molar-refractivity contribution in [3.8, 4) is 28.7 Å². The zero-order chi connectivity index (χ0) is 24.9. The lowest BCUT2D eigenvalue weighted by Crippen LogP contribution is -2.42. The summed E-state index contributed by atoms with van der Waals surface area (Å²) in [5.74, 6) is 1.99. The third-order valence-electron chi connectivity index (χ3n) is 6.82. The molecule has 188 valence electrons. The molecule has 2 aromatic heterocycles. The Morgan fingerprint density at radius 1 is 1.06 bits per heavy atom. The Bertz CT molecular complexity index is 1220. The van der Waals surface area contributed by atoms with Gasteiger partial charge in [0.15, 0.2) is 16.5 Å². The van der Waals surface area contributed by atoms with Gasteiger partial charge in [0.05, 0.1) is 12.1 Å². The summed E-state index contributed by atoms with van der Waals surface area (Å²) >= 11 is -1.45. The summed E-state index contributed by atoms with van der Waals surface area (Å²) in [7, 11) is 0. The monoisotopic (exact) mass is 500 g/mol. The minimum atomic E-state index is -1.45. The molecule has 5 rings (SSSR count). The number of halogens is 1. The number of aryl methyl sites for hydroxylation is 1. The molecule has 0 N–H and O–H groups in total. The van der Waals surface area contributed by atoms with E-state index in [1.165, 1.54) is 6.07 Å². The molecule has 2 aliphatic heterocycles. The number of aromatic nitrogens is 5. The van der Waals surface area contributed by atoms with Crippen molar-refractivity contribution in [3.63, 3.8) is 0 Å². The van der Waals surface area contributed by atoms with Gasteiger partial charge in [-0.1, -0.05) is 0 Å². The van der Waals surface area contributed by atoms with E-state index in [0.29, 0.717) is 53.7 Å². The van der Waals surface area contributed by atoms with Gasteiger partial charge in [-0.05, 0) is 45.8 Å². The lowest BCUT2D eigenvalue weighted by molar-refractivity contribution is 0.186. The first kappa shape index (κ1) is 24.3. The van der Waals surface area contributed by atoms with Crippen LogP contribution in [0.5, 0.6) is 5.75 Å². The molecule has 0 radical (unpaired) electrons. The molecular weight excluding hydrogens is 467 g/mol. The Balaban J connectivity index is 1.51. The quantitative estimate of drug-likeness (QED) is 0.488. The van der Waals surface area contributed by atoms with Crippen LogP contribution in [0.4, 0.5) is 4.39 Å². The Kier molecular flexibility index (Phi) is 6.63. The molecule has 0 spiro atoms. The number of hydrogen-bond acceptors (Lipinski definition) is 6. The van der Waals surface area contributed by atoms with Crippen molar-refractivity contribution in [3.05, 3.63) is 30.0 Å². The van der Waals surface area contributed by atoms with Crippen LogP contribution in [0.25, 0.3) is 22.9 Å². The van der Waals surface area contributed by atoms with Crippen LogP contribution in [-0.4, -0.2) is 64.8 Å². The molecule has 2 aliphatic rings. The highest BCUT2D eigenvalue weighted by atomic mass is 32.2. The van der Waals surface area contributed by atoms with Gasteiger partial charge in [-0.25, -0.2) is 19.0 Å². The number of fused-ring (bicyclic) bond motifs is 3. The first-order chi connectivity index (χ1) is 16.7. The SMILES string of the molecule is Cc1nc(-c2cn3c(n2)-c2cc([S+]([O-])C4CCN(C(C)C)CC4)c(F)cc2OCC3)n(C(C)C)n1. The van der Waals surface area contributed by atoms with E-state index in [-0.39, 0.29) is 16.2 Å². The van der Waals surface area contributed by atoms with Gasteiger partial charge in [-0.15, -0.1) is 0 Å². The van der Waals surface area contributed by atoms with E-state index in [1.54, 1.807) is 6.07 Å². The first-order valence-electron chi connectivity index (χ1n) is 12.3. The molecule has 4 heterocycles. The summed E-state index contributed by atoms with van der Waals surface area (Å²) in [4.78, 5) is 12.1. The summed E-state index contributed by atoms with van der Waals surface area (Å²) in [6.07, 6.45) is 3.53. The van der Waals surface area contributed by atoms with Crippen LogP contribution in [0.2, 0.25) is 0 Å². The molecule has 0 aliphatic carbocycles. The van der Waals surface area contributed by atoms with Crippen LogP contribution in [0.3, 0.4) is 0 Å².